The molecule has 0 aliphatic carbocycles. The number of hydrogen-bond acceptors (Lipinski definition) is 2. The van der Waals surface area contributed by atoms with Crippen molar-refractivity contribution in [3.05, 3.63) is 86.1 Å². The minimum absolute atomic E-state index is 0.144. The van der Waals surface area contributed by atoms with Gasteiger partial charge >= 0.3 is 0 Å². The van der Waals surface area contributed by atoms with Crippen molar-refractivity contribution in [2.24, 2.45) is 5.10 Å². The van der Waals surface area contributed by atoms with Crippen LogP contribution in [-0.4, -0.2) is 16.7 Å². The minimum Gasteiger partial charge on any atom is -0.318 e. The summed E-state index contributed by atoms with van der Waals surface area (Å²) >= 11 is 6.90. The summed E-state index contributed by atoms with van der Waals surface area (Å²) in [6, 6.07) is 17.9. The van der Waals surface area contributed by atoms with Gasteiger partial charge in [-0.1, -0.05) is 50.1 Å². The zero-order valence-corrected chi connectivity index (χ0v) is 18.2. The van der Waals surface area contributed by atoms with Crippen LogP contribution >= 0.6 is 31.9 Å². The molecule has 1 amide bonds. The predicted molar refractivity (Wildman–Crippen MR) is 117 cm³/mol. The number of carbonyl (C=O) groups is 1. The highest BCUT2D eigenvalue weighted by Crippen LogP contribution is 2.22. The van der Waals surface area contributed by atoms with Gasteiger partial charge in [-0.25, -0.2) is 5.43 Å². The molecule has 0 bridgehead atoms. The minimum atomic E-state index is -0.144. The summed E-state index contributed by atoms with van der Waals surface area (Å²) in [6.45, 7) is 4.09. The first-order chi connectivity index (χ1) is 12.9. The van der Waals surface area contributed by atoms with Crippen LogP contribution in [0.1, 0.15) is 22.5 Å². The topological polar surface area (TPSA) is 46.4 Å². The molecule has 1 aromatic heterocycles. The molecule has 1 heterocycles. The standard InChI is InChI=1S/C21H19Br2N3O/c1-14-10-17(15(2)26(14)20-5-3-4-19(23)12-20)13-24-25-21(27)11-16-6-8-18(22)9-7-16/h3-10,12-13H,11H2,1-2H3,(H,25,27)/b24-13+. The summed E-state index contributed by atoms with van der Waals surface area (Å²) in [7, 11) is 0. The summed E-state index contributed by atoms with van der Waals surface area (Å²) in [5, 5.41) is 4.13. The number of carbonyl (C=O) groups excluding carboxylic acids is 1. The SMILES string of the molecule is Cc1cc(/C=N/NC(=O)Cc2ccc(Br)cc2)c(C)n1-c1cccc(Br)c1. The smallest absolute Gasteiger partial charge is 0.244 e. The van der Waals surface area contributed by atoms with Gasteiger partial charge in [0.25, 0.3) is 0 Å². The van der Waals surface area contributed by atoms with Crippen LogP contribution in [0.15, 0.2) is 68.6 Å². The molecule has 0 aliphatic heterocycles. The maximum atomic E-state index is 12.1. The number of nitrogens with one attached hydrogen (secondary N) is 1. The second-order valence-electron chi connectivity index (χ2n) is 6.24. The zero-order valence-electron chi connectivity index (χ0n) is 15.0. The molecule has 0 saturated carbocycles. The third-order valence-electron chi connectivity index (χ3n) is 4.21. The number of aromatic nitrogens is 1. The van der Waals surface area contributed by atoms with Gasteiger partial charge in [0.2, 0.25) is 5.91 Å². The summed E-state index contributed by atoms with van der Waals surface area (Å²) < 4.78 is 4.18. The fraction of sp³-hybridized carbons (Fsp3) is 0.143. The molecule has 0 spiro atoms. The number of benzene rings is 2. The van der Waals surface area contributed by atoms with Crippen LogP contribution in [0.2, 0.25) is 0 Å². The molecule has 0 saturated heterocycles. The van der Waals surface area contributed by atoms with E-state index in [1.807, 2.05) is 43.3 Å². The van der Waals surface area contributed by atoms with Crippen LogP contribution in [0, 0.1) is 13.8 Å². The maximum Gasteiger partial charge on any atom is 0.244 e. The number of hydrazone groups is 1. The molecule has 0 unspecified atom stereocenters. The van der Waals surface area contributed by atoms with Gasteiger partial charge in [-0.05, 0) is 55.8 Å². The highest BCUT2D eigenvalue weighted by atomic mass is 79.9. The van der Waals surface area contributed by atoms with Gasteiger partial charge in [0, 0.05) is 31.6 Å². The number of halogens is 2. The first-order valence-corrected chi connectivity index (χ1v) is 10.0. The lowest BCUT2D eigenvalue weighted by atomic mass is 10.1. The molecule has 27 heavy (non-hydrogen) atoms. The van der Waals surface area contributed by atoms with Crippen LogP contribution in [0.4, 0.5) is 0 Å². The van der Waals surface area contributed by atoms with E-state index in [2.05, 4.69) is 72.1 Å². The fourth-order valence-corrected chi connectivity index (χ4v) is 3.58. The number of amides is 1. The van der Waals surface area contributed by atoms with Gasteiger partial charge in [0.15, 0.2) is 0 Å². The Balaban J connectivity index is 1.69. The van der Waals surface area contributed by atoms with Crippen LogP contribution in [0.5, 0.6) is 0 Å². The van der Waals surface area contributed by atoms with E-state index in [0.29, 0.717) is 6.42 Å². The Morgan fingerprint density at radius 3 is 2.52 bits per heavy atom. The monoisotopic (exact) mass is 487 g/mol. The van der Waals surface area contributed by atoms with E-state index in [4.69, 9.17) is 0 Å². The van der Waals surface area contributed by atoms with Crippen molar-refractivity contribution in [1.82, 2.24) is 9.99 Å². The van der Waals surface area contributed by atoms with Crippen LogP contribution in [-0.2, 0) is 11.2 Å². The Morgan fingerprint density at radius 1 is 1.07 bits per heavy atom. The molecule has 0 atom stereocenters. The van der Waals surface area contributed by atoms with Crippen molar-refractivity contribution in [3.63, 3.8) is 0 Å². The van der Waals surface area contributed by atoms with E-state index >= 15 is 0 Å². The van der Waals surface area contributed by atoms with E-state index in [9.17, 15) is 4.79 Å². The molecular weight excluding hydrogens is 470 g/mol. The van der Waals surface area contributed by atoms with Crippen molar-refractivity contribution in [2.75, 3.05) is 0 Å². The van der Waals surface area contributed by atoms with Gasteiger partial charge < -0.3 is 4.57 Å². The second-order valence-corrected chi connectivity index (χ2v) is 8.07. The van der Waals surface area contributed by atoms with Gasteiger partial charge in [-0.3, -0.25) is 4.79 Å². The Hall–Kier alpha value is -2.18. The van der Waals surface area contributed by atoms with E-state index in [1.54, 1.807) is 6.21 Å². The zero-order chi connectivity index (χ0) is 19.4. The van der Waals surface area contributed by atoms with Crippen LogP contribution in [0.25, 0.3) is 5.69 Å². The molecule has 0 radical (unpaired) electrons. The van der Waals surface area contributed by atoms with Gasteiger partial charge in [-0.15, -0.1) is 0 Å². The molecule has 3 rings (SSSR count). The number of rotatable bonds is 5. The Morgan fingerprint density at radius 2 is 1.81 bits per heavy atom. The van der Waals surface area contributed by atoms with Gasteiger partial charge in [-0.2, -0.15) is 5.10 Å². The lowest BCUT2D eigenvalue weighted by molar-refractivity contribution is -0.120. The lowest BCUT2D eigenvalue weighted by Gasteiger charge is -2.09. The van der Waals surface area contributed by atoms with Crippen molar-refractivity contribution < 1.29 is 4.79 Å². The quantitative estimate of drug-likeness (QED) is 0.383. The van der Waals surface area contributed by atoms with Crippen molar-refractivity contribution in [1.29, 1.82) is 0 Å². The fourth-order valence-electron chi connectivity index (χ4n) is 2.93. The number of aryl methyl sites for hydroxylation is 1. The lowest BCUT2D eigenvalue weighted by Crippen LogP contribution is -2.19. The van der Waals surface area contributed by atoms with E-state index in [1.165, 1.54) is 0 Å². The summed E-state index contributed by atoms with van der Waals surface area (Å²) in [6.07, 6.45) is 1.98. The van der Waals surface area contributed by atoms with E-state index in [0.717, 1.165) is 37.1 Å². The molecule has 138 valence electrons. The average molecular weight is 489 g/mol. The summed E-state index contributed by atoms with van der Waals surface area (Å²) in [4.78, 5) is 12.1. The number of nitrogens with zero attached hydrogens (tertiary/aromatic N) is 2. The van der Waals surface area contributed by atoms with Gasteiger partial charge in [0.1, 0.15) is 0 Å². The first kappa shape index (κ1) is 19.6. The predicted octanol–water partition coefficient (Wildman–Crippen LogP) is 5.31. The van der Waals surface area contributed by atoms with Crippen molar-refractivity contribution in [3.8, 4) is 5.69 Å². The molecular formula is C21H19Br2N3O. The molecule has 4 nitrogen and oxygen atoms in total. The highest BCUT2D eigenvalue weighted by molar-refractivity contribution is 9.10. The molecule has 0 fully saturated rings. The largest absolute Gasteiger partial charge is 0.318 e. The van der Waals surface area contributed by atoms with Crippen LogP contribution in [0.3, 0.4) is 0 Å². The van der Waals surface area contributed by atoms with Crippen LogP contribution < -0.4 is 5.43 Å². The van der Waals surface area contributed by atoms with E-state index < -0.39 is 0 Å². The average Bonchev–Trinajstić information content (AvgIpc) is 2.91. The highest BCUT2D eigenvalue weighted by Gasteiger charge is 2.10. The Bertz CT molecular complexity index is 991. The molecule has 6 heteroatoms. The Labute approximate surface area is 175 Å². The summed E-state index contributed by atoms with van der Waals surface area (Å²) in [5.41, 5.74) is 7.77. The third-order valence-corrected chi connectivity index (χ3v) is 5.23. The van der Waals surface area contributed by atoms with Crippen molar-refractivity contribution >= 4 is 44.0 Å². The molecule has 0 aliphatic rings. The Kier molecular flexibility index (Phi) is 6.29. The summed E-state index contributed by atoms with van der Waals surface area (Å²) in [5.74, 6) is -0.144. The number of hydrogen-bond donors (Lipinski definition) is 1. The molecule has 1 N–H and O–H groups in total. The maximum absolute atomic E-state index is 12.1. The third kappa shape index (κ3) is 4.96. The molecule has 3 aromatic rings. The van der Waals surface area contributed by atoms with E-state index in [-0.39, 0.29) is 5.91 Å². The first-order valence-electron chi connectivity index (χ1n) is 8.45. The van der Waals surface area contributed by atoms with Gasteiger partial charge in [0.05, 0.1) is 12.6 Å². The normalized spacial score (nSPS) is 11.1. The molecule has 2 aromatic carbocycles. The van der Waals surface area contributed by atoms with Crippen molar-refractivity contribution in [2.45, 2.75) is 20.3 Å². The second kappa shape index (κ2) is 8.67.